The standard InChI is InChI=1S/C14H16ClNO3/c1-9(14(18)19-2)16(12-6-7-12)13(17)10-4-3-5-11(15)8-10/h3-5,8-9,12H,6-7H2,1-2H3. The van der Waals surface area contributed by atoms with Crippen molar-refractivity contribution in [1.82, 2.24) is 4.90 Å². The Morgan fingerprint density at radius 1 is 1.42 bits per heavy atom. The molecule has 19 heavy (non-hydrogen) atoms. The Kier molecular flexibility index (Phi) is 4.10. The molecule has 1 aromatic rings. The largest absolute Gasteiger partial charge is 0.467 e. The highest BCUT2D eigenvalue weighted by Crippen LogP contribution is 2.30. The first-order valence-electron chi connectivity index (χ1n) is 6.20. The van der Waals surface area contributed by atoms with Crippen LogP contribution in [0.1, 0.15) is 30.1 Å². The van der Waals surface area contributed by atoms with Crippen molar-refractivity contribution in [2.45, 2.75) is 31.8 Å². The van der Waals surface area contributed by atoms with Crippen molar-refractivity contribution in [1.29, 1.82) is 0 Å². The lowest BCUT2D eigenvalue weighted by Gasteiger charge is -2.27. The smallest absolute Gasteiger partial charge is 0.328 e. The Morgan fingerprint density at radius 2 is 2.11 bits per heavy atom. The molecule has 1 saturated carbocycles. The van der Waals surface area contributed by atoms with Crippen molar-refractivity contribution >= 4 is 23.5 Å². The number of nitrogens with zero attached hydrogens (tertiary/aromatic N) is 1. The summed E-state index contributed by atoms with van der Waals surface area (Å²) in [6.45, 7) is 1.69. The second-order valence-corrected chi connectivity index (χ2v) is 5.09. The fraction of sp³-hybridized carbons (Fsp3) is 0.429. The van der Waals surface area contributed by atoms with E-state index in [1.165, 1.54) is 7.11 Å². The number of carbonyl (C=O) groups excluding carboxylic acids is 2. The number of amides is 1. The molecule has 1 unspecified atom stereocenters. The van der Waals surface area contributed by atoms with Crippen molar-refractivity contribution < 1.29 is 14.3 Å². The van der Waals surface area contributed by atoms with E-state index in [1.807, 2.05) is 0 Å². The molecule has 0 heterocycles. The lowest BCUT2D eigenvalue weighted by atomic mass is 10.1. The number of hydrogen-bond donors (Lipinski definition) is 0. The summed E-state index contributed by atoms with van der Waals surface area (Å²) in [5.41, 5.74) is 0.496. The Balaban J connectivity index is 2.24. The summed E-state index contributed by atoms with van der Waals surface area (Å²) in [7, 11) is 1.33. The number of hydrogen-bond acceptors (Lipinski definition) is 3. The number of esters is 1. The predicted octanol–water partition coefficient (Wildman–Crippen LogP) is 2.51. The molecule has 2 rings (SSSR count). The van der Waals surface area contributed by atoms with Crippen molar-refractivity contribution in [2.24, 2.45) is 0 Å². The van der Waals surface area contributed by atoms with Crippen LogP contribution in [-0.4, -0.2) is 36.0 Å². The van der Waals surface area contributed by atoms with E-state index in [0.717, 1.165) is 12.8 Å². The Labute approximate surface area is 117 Å². The first-order chi connectivity index (χ1) is 9.04. The van der Waals surface area contributed by atoms with Crippen molar-refractivity contribution in [3.63, 3.8) is 0 Å². The molecular weight excluding hydrogens is 266 g/mol. The Bertz CT molecular complexity index is 499. The monoisotopic (exact) mass is 281 g/mol. The van der Waals surface area contributed by atoms with Gasteiger partial charge in [0, 0.05) is 16.6 Å². The molecule has 5 heteroatoms. The third-order valence-electron chi connectivity index (χ3n) is 3.21. The van der Waals surface area contributed by atoms with Crippen LogP contribution in [0, 0.1) is 0 Å². The van der Waals surface area contributed by atoms with Gasteiger partial charge in [0.15, 0.2) is 0 Å². The van der Waals surface area contributed by atoms with E-state index >= 15 is 0 Å². The molecule has 0 aliphatic heterocycles. The minimum absolute atomic E-state index is 0.126. The minimum Gasteiger partial charge on any atom is -0.467 e. The summed E-state index contributed by atoms with van der Waals surface area (Å²) in [5.74, 6) is -0.579. The molecule has 0 bridgehead atoms. The molecule has 1 aliphatic rings. The Hall–Kier alpha value is -1.55. The maximum atomic E-state index is 12.5. The van der Waals surface area contributed by atoms with E-state index in [1.54, 1.807) is 36.1 Å². The van der Waals surface area contributed by atoms with Gasteiger partial charge in [0.2, 0.25) is 0 Å². The summed E-state index contributed by atoms with van der Waals surface area (Å²) >= 11 is 5.90. The average Bonchev–Trinajstić information content (AvgIpc) is 3.22. The summed E-state index contributed by atoms with van der Waals surface area (Å²) in [5, 5.41) is 0.507. The molecule has 1 aromatic carbocycles. The number of carbonyl (C=O) groups is 2. The number of benzene rings is 1. The van der Waals surface area contributed by atoms with Gasteiger partial charge in [-0.1, -0.05) is 17.7 Å². The van der Waals surface area contributed by atoms with Gasteiger partial charge in [-0.3, -0.25) is 4.79 Å². The first kappa shape index (κ1) is 13.9. The van der Waals surface area contributed by atoms with Crippen LogP contribution in [0.4, 0.5) is 0 Å². The molecule has 0 N–H and O–H groups in total. The summed E-state index contributed by atoms with van der Waals surface area (Å²) in [4.78, 5) is 25.7. The average molecular weight is 282 g/mol. The van der Waals surface area contributed by atoms with Gasteiger partial charge in [0.1, 0.15) is 6.04 Å². The molecule has 0 spiro atoms. The summed E-state index contributed by atoms with van der Waals surface area (Å²) in [6.07, 6.45) is 1.85. The fourth-order valence-corrected chi connectivity index (χ4v) is 2.26. The zero-order chi connectivity index (χ0) is 14.0. The molecular formula is C14H16ClNO3. The van der Waals surface area contributed by atoms with Crippen LogP contribution in [0.15, 0.2) is 24.3 Å². The Morgan fingerprint density at radius 3 is 2.63 bits per heavy atom. The van der Waals surface area contributed by atoms with E-state index in [4.69, 9.17) is 16.3 Å². The number of ether oxygens (including phenoxy) is 1. The lowest BCUT2D eigenvalue weighted by molar-refractivity contribution is -0.145. The van der Waals surface area contributed by atoms with Gasteiger partial charge in [-0.05, 0) is 38.0 Å². The van der Waals surface area contributed by atoms with Crippen molar-refractivity contribution in [3.8, 4) is 0 Å². The molecule has 1 aliphatic carbocycles. The van der Waals surface area contributed by atoms with Gasteiger partial charge in [-0.2, -0.15) is 0 Å². The first-order valence-corrected chi connectivity index (χ1v) is 6.58. The zero-order valence-corrected chi connectivity index (χ0v) is 11.7. The lowest BCUT2D eigenvalue weighted by Crippen LogP contribution is -2.45. The zero-order valence-electron chi connectivity index (χ0n) is 10.9. The van der Waals surface area contributed by atoms with Crippen LogP contribution in [0.2, 0.25) is 5.02 Å². The summed E-state index contributed by atoms with van der Waals surface area (Å²) < 4.78 is 4.72. The molecule has 4 nitrogen and oxygen atoms in total. The quantitative estimate of drug-likeness (QED) is 0.797. The molecule has 1 atom stereocenters. The molecule has 102 valence electrons. The van der Waals surface area contributed by atoms with E-state index < -0.39 is 12.0 Å². The highest BCUT2D eigenvalue weighted by atomic mass is 35.5. The van der Waals surface area contributed by atoms with Crippen LogP contribution in [0.5, 0.6) is 0 Å². The third-order valence-corrected chi connectivity index (χ3v) is 3.44. The molecule has 1 amide bonds. The van der Waals surface area contributed by atoms with Crippen LogP contribution in [0.25, 0.3) is 0 Å². The molecule has 0 saturated heterocycles. The fourth-order valence-electron chi connectivity index (χ4n) is 2.07. The van der Waals surface area contributed by atoms with E-state index in [9.17, 15) is 9.59 Å². The van der Waals surface area contributed by atoms with Crippen LogP contribution < -0.4 is 0 Å². The van der Waals surface area contributed by atoms with Gasteiger partial charge in [0.25, 0.3) is 5.91 Å². The molecule has 1 fully saturated rings. The van der Waals surface area contributed by atoms with Crippen LogP contribution in [0.3, 0.4) is 0 Å². The van der Waals surface area contributed by atoms with Gasteiger partial charge in [-0.15, -0.1) is 0 Å². The van der Waals surface area contributed by atoms with E-state index in [-0.39, 0.29) is 11.9 Å². The van der Waals surface area contributed by atoms with Crippen LogP contribution >= 0.6 is 11.6 Å². The van der Waals surface area contributed by atoms with Crippen LogP contribution in [-0.2, 0) is 9.53 Å². The van der Waals surface area contributed by atoms with Gasteiger partial charge < -0.3 is 9.64 Å². The van der Waals surface area contributed by atoms with Gasteiger partial charge >= 0.3 is 5.97 Å². The van der Waals surface area contributed by atoms with Gasteiger partial charge in [0.05, 0.1) is 7.11 Å². The highest BCUT2D eigenvalue weighted by molar-refractivity contribution is 6.31. The van der Waals surface area contributed by atoms with Crippen molar-refractivity contribution in [2.75, 3.05) is 7.11 Å². The minimum atomic E-state index is -0.580. The van der Waals surface area contributed by atoms with E-state index in [2.05, 4.69) is 0 Å². The molecule has 0 aromatic heterocycles. The van der Waals surface area contributed by atoms with Crippen molar-refractivity contribution in [3.05, 3.63) is 34.9 Å². The third kappa shape index (κ3) is 3.07. The number of halogens is 1. The topological polar surface area (TPSA) is 46.6 Å². The highest BCUT2D eigenvalue weighted by Gasteiger charge is 2.39. The SMILES string of the molecule is COC(=O)C(C)N(C(=O)c1cccc(Cl)c1)C1CC1. The maximum Gasteiger partial charge on any atom is 0.328 e. The maximum absolute atomic E-state index is 12.5. The second-order valence-electron chi connectivity index (χ2n) is 4.65. The normalized spacial score (nSPS) is 15.7. The van der Waals surface area contributed by atoms with E-state index in [0.29, 0.717) is 10.6 Å². The second kappa shape index (κ2) is 5.61. The van der Waals surface area contributed by atoms with Gasteiger partial charge in [-0.25, -0.2) is 4.79 Å². The summed E-state index contributed by atoms with van der Waals surface area (Å²) in [6, 6.07) is 6.30. The predicted molar refractivity (Wildman–Crippen MR) is 72.1 cm³/mol. The molecule has 0 radical (unpaired) electrons. The number of rotatable bonds is 4. The number of methoxy groups -OCH3 is 1.